The van der Waals surface area contributed by atoms with Crippen molar-refractivity contribution in [2.24, 2.45) is 5.92 Å². The Labute approximate surface area is 126 Å². The van der Waals surface area contributed by atoms with Crippen molar-refractivity contribution in [3.63, 3.8) is 0 Å². The fourth-order valence-electron chi connectivity index (χ4n) is 4.29. The van der Waals surface area contributed by atoms with Crippen LogP contribution in [0.4, 0.5) is 0 Å². The maximum absolute atomic E-state index is 3.83. The molecule has 0 aromatic rings. The topological polar surface area (TPSA) is 15.3 Å². The zero-order valence-corrected chi connectivity index (χ0v) is 13.9. The first-order valence-electron chi connectivity index (χ1n) is 9.32. The minimum absolute atomic E-state index is 0.799. The summed E-state index contributed by atoms with van der Waals surface area (Å²) in [4.78, 5) is 2.85. The molecule has 0 aromatic heterocycles. The van der Waals surface area contributed by atoms with E-state index >= 15 is 0 Å². The van der Waals surface area contributed by atoms with E-state index in [0.29, 0.717) is 0 Å². The van der Waals surface area contributed by atoms with Crippen LogP contribution in [0, 0.1) is 5.92 Å². The Balaban J connectivity index is 1.87. The molecule has 1 N–H and O–H groups in total. The molecule has 0 bridgehead atoms. The van der Waals surface area contributed by atoms with Gasteiger partial charge >= 0.3 is 0 Å². The van der Waals surface area contributed by atoms with E-state index in [1.165, 1.54) is 83.8 Å². The molecule has 2 rings (SSSR count). The number of nitrogens with one attached hydrogen (secondary N) is 1. The van der Waals surface area contributed by atoms with Crippen LogP contribution in [0.2, 0.25) is 0 Å². The Morgan fingerprint density at radius 3 is 2.55 bits per heavy atom. The third-order valence-electron chi connectivity index (χ3n) is 5.41. The van der Waals surface area contributed by atoms with Crippen molar-refractivity contribution in [1.29, 1.82) is 0 Å². The second kappa shape index (κ2) is 9.04. The third kappa shape index (κ3) is 4.73. The zero-order chi connectivity index (χ0) is 14.2. The van der Waals surface area contributed by atoms with Crippen LogP contribution in [0.25, 0.3) is 0 Å². The summed E-state index contributed by atoms with van der Waals surface area (Å²) in [6.45, 7) is 8.57. The number of nitrogens with zero attached hydrogens (tertiary/aromatic N) is 1. The quantitative estimate of drug-likeness (QED) is 0.752. The van der Waals surface area contributed by atoms with Gasteiger partial charge in [-0.15, -0.1) is 0 Å². The Hall–Kier alpha value is -0.0800. The predicted octanol–water partition coefficient (Wildman–Crippen LogP) is 4.20. The van der Waals surface area contributed by atoms with E-state index in [-0.39, 0.29) is 0 Å². The molecular weight excluding hydrogens is 244 g/mol. The van der Waals surface area contributed by atoms with E-state index in [1.54, 1.807) is 0 Å². The van der Waals surface area contributed by atoms with E-state index in [0.717, 1.165) is 18.0 Å². The highest BCUT2D eigenvalue weighted by Crippen LogP contribution is 2.29. The summed E-state index contributed by atoms with van der Waals surface area (Å²) in [5, 5.41) is 3.83. The SMILES string of the molecule is CCCNC1CCCCC1CN1CCCCC1CCC. The molecule has 1 saturated carbocycles. The van der Waals surface area contributed by atoms with Crippen molar-refractivity contribution in [3.05, 3.63) is 0 Å². The molecule has 20 heavy (non-hydrogen) atoms. The van der Waals surface area contributed by atoms with E-state index in [2.05, 4.69) is 24.1 Å². The van der Waals surface area contributed by atoms with Crippen LogP contribution in [0.15, 0.2) is 0 Å². The number of likely N-dealkylation sites (tertiary alicyclic amines) is 1. The van der Waals surface area contributed by atoms with Gasteiger partial charge in [0.15, 0.2) is 0 Å². The molecule has 2 heteroatoms. The zero-order valence-electron chi connectivity index (χ0n) is 13.9. The minimum atomic E-state index is 0.799. The van der Waals surface area contributed by atoms with Gasteiger partial charge in [-0.25, -0.2) is 0 Å². The molecule has 3 atom stereocenters. The highest BCUT2D eigenvalue weighted by molar-refractivity contribution is 4.86. The number of hydrogen-bond donors (Lipinski definition) is 1. The smallest absolute Gasteiger partial charge is 0.0107 e. The van der Waals surface area contributed by atoms with Gasteiger partial charge in [0.05, 0.1) is 0 Å². The lowest BCUT2D eigenvalue weighted by molar-refractivity contribution is 0.0936. The van der Waals surface area contributed by atoms with Gasteiger partial charge in [0.2, 0.25) is 0 Å². The normalized spacial score (nSPS) is 32.4. The Morgan fingerprint density at radius 1 is 0.950 bits per heavy atom. The summed E-state index contributed by atoms with van der Waals surface area (Å²) in [5.41, 5.74) is 0. The fourth-order valence-corrected chi connectivity index (χ4v) is 4.29. The van der Waals surface area contributed by atoms with Gasteiger partial charge in [-0.3, -0.25) is 0 Å². The van der Waals surface area contributed by atoms with Crippen molar-refractivity contribution in [2.75, 3.05) is 19.6 Å². The first-order valence-corrected chi connectivity index (χ1v) is 9.32. The van der Waals surface area contributed by atoms with E-state index in [1.807, 2.05) is 0 Å². The number of rotatable bonds is 7. The molecule has 2 fully saturated rings. The first-order chi connectivity index (χ1) is 9.85. The molecule has 0 radical (unpaired) electrons. The van der Waals surface area contributed by atoms with Gasteiger partial charge in [0.1, 0.15) is 0 Å². The highest BCUT2D eigenvalue weighted by Gasteiger charge is 2.29. The lowest BCUT2D eigenvalue weighted by Gasteiger charge is -2.41. The molecule has 1 saturated heterocycles. The van der Waals surface area contributed by atoms with E-state index in [4.69, 9.17) is 0 Å². The van der Waals surface area contributed by atoms with Crippen molar-refractivity contribution in [1.82, 2.24) is 10.2 Å². The van der Waals surface area contributed by atoms with Crippen LogP contribution in [0.3, 0.4) is 0 Å². The van der Waals surface area contributed by atoms with Crippen molar-refractivity contribution < 1.29 is 0 Å². The summed E-state index contributed by atoms with van der Waals surface area (Å²) in [5.74, 6) is 0.910. The molecule has 2 aliphatic rings. The summed E-state index contributed by atoms with van der Waals surface area (Å²) in [6.07, 6.45) is 14.1. The van der Waals surface area contributed by atoms with Crippen molar-refractivity contribution in [3.8, 4) is 0 Å². The van der Waals surface area contributed by atoms with Crippen LogP contribution in [0.5, 0.6) is 0 Å². The first kappa shape index (κ1) is 16.3. The molecule has 1 heterocycles. The fraction of sp³-hybridized carbons (Fsp3) is 1.00. The molecule has 118 valence electrons. The van der Waals surface area contributed by atoms with Crippen molar-refractivity contribution >= 4 is 0 Å². The van der Waals surface area contributed by atoms with Gasteiger partial charge < -0.3 is 10.2 Å². The van der Waals surface area contributed by atoms with Crippen LogP contribution >= 0.6 is 0 Å². The van der Waals surface area contributed by atoms with Crippen molar-refractivity contribution in [2.45, 2.75) is 90.1 Å². The largest absolute Gasteiger partial charge is 0.314 e. The van der Waals surface area contributed by atoms with Crippen LogP contribution < -0.4 is 5.32 Å². The summed E-state index contributed by atoms with van der Waals surface area (Å²) >= 11 is 0. The van der Waals surface area contributed by atoms with Gasteiger partial charge in [-0.05, 0) is 57.5 Å². The van der Waals surface area contributed by atoms with Gasteiger partial charge in [0.25, 0.3) is 0 Å². The average Bonchev–Trinajstić information content (AvgIpc) is 2.49. The van der Waals surface area contributed by atoms with Crippen LogP contribution in [0.1, 0.15) is 78.1 Å². The lowest BCUT2D eigenvalue weighted by atomic mass is 9.83. The second-order valence-electron chi connectivity index (χ2n) is 7.04. The number of piperidine rings is 1. The van der Waals surface area contributed by atoms with E-state index in [9.17, 15) is 0 Å². The Bertz CT molecular complexity index is 252. The molecular formula is C18H36N2. The number of hydrogen-bond acceptors (Lipinski definition) is 2. The van der Waals surface area contributed by atoms with E-state index < -0.39 is 0 Å². The summed E-state index contributed by atoms with van der Waals surface area (Å²) < 4.78 is 0. The van der Waals surface area contributed by atoms with Crippen LogP contribution in [-0.2, 0) is 0 Å². The predicted molar refractivity (Wildman–Crippen MR) is 88.2 cm³/mol. The molecule has 0 amide bonds. The molecule has 1 aliphatic carbocycles. The Kier molecular flexibility index (Phi) is 7.37. The maximum Gasteiger partial charge on any atom is 0.0107 e. The third-order valence-corrected chi connectivity index (χ3v) is 5.41. The van der Waals surface area contributed by atoms with Crippen LogP contribution in [-0.4, -0.2) is 36.6 Å². The highest BCUT2D eigenvalue weighted by atomic mass is 15.2. The Morgan fingerprint density at radius 2 is 1.75 bits per heavy atom. The molecule has 3 unspecified atom stereocenters. The van der Waals surface area contributed by atoms with Gasteiger partial charge in [-0.2, -0.15) is 0 Å². The standard InChI is InChI=1S/C18H36N2/c1-3-9-17-11-7-8-14-20(17)15-16-10-5-6-12-18(16)19-13-4-2/h16-19H,3-15H2,1-2H3. The van der Waals surface area contributed by atoms with Gasteiger partial charge in [0, 0.05) is 18.6 Å². The molecule has 0 aromatic carbocycles. The molecule has 2 nitrogen and oxygen atoms in total. The molecule has 0 spiro atoms. The monoisotopic (exact) mass is 280 g/mol. The maximum atomic E-state index is 3.83. The average molecular weight is 280 g/mol. The lowest BCUT2D eigenvalue weighted by Crippen LogP contribution is -2.48. The van der Waals surface area contributed by atoms with Gasteiger partial charge in [-0.1, -0.05) is 39.5 Å². The second-order valence-corrected chi connectivity index (χ2v) is 7.04. The molecule has 1 aliphatic heterocycles. The minimum Gasteiger partial charge on any atom is -0.314 e. The summed E-state index contributed by atoms with van der Waals surface area (Å²) in [6, 6.07) is 1.69. The summed E-state index contributed by atoms with van der Waals surface area (Å²) in [7, 11) is 0.